The Kier molecular flexibility index (Phi) is 7.81. The van der Waals surface area contributed by atoms with Crippen LogP contribution in [0.25, 0.3) is 0 Å². The fourth-order valence-corrected chi connectivity index (χ4v) is 5.07. The lowest BCUT2D eigenvalue weighted by Gasteiger charge is -2.34. The molecule has 2 aromatic heterocycles. The van der Waals surface area contributed by atoms with E-state index in [0.29, 0.717) is 56.4 Å². The summed E-state index contributed by atoms with van der Waals surface area (Å²) < 4.78 is 50.8. The van der Waals surface area contributed by atoms with Crippen molar-refractivity contribution in [2.45, 2.75) is 44.3 Å². The van der Waals surface area contributed by atoms with Gasteiger partial charge in [0.25, 0.3) is 5.91 Å². The summed E-state index contributed by atoms with van der Waals surface area (Å²) in [5, 5.41) is 12.1. The molecule has 1 saturated carbocycles. The van der Waals surface area contributed by atoms with Crippen molar-refractivity contribution >= 4 is 23.4 Å². The first-order valence-corrected chi connectivity index (χ1v) is 13.5. The number of rotatable bonds is 8. The quantitative estimate of drug-likeness (QED) is 0.444. The molecule has 1 spiro atoms. The molecule has 3 aliphatic rings. The topological polar surface area (TPSA) is 126 Å². The Bertz CT molecular complexity index is 1230. The number of piperidine rings is 1. The Morgan fingerprint density at radius 3 is 2.42 bits per heavy atom. The van der Waals surface area contributed by atoms with Gasteiger partial charge in [-0.1, -0.05) is 0 Å². The van der Waals surface area contributed by atoms with Crippen LogP contribution < -0.4 is 25.6 Å². The summed E-state index contributed by atoms with van der Waals surface area (Å²) in [6, 6.07) is 6.54. The summed E-state index contributed by atoms with van der Waals surface area (Å²) in [7, 11) is 0. The summed E-state index contributed by atoms with van der Waals surface area (Å²) in [5.41, 5.74) is 3.97. The number of morpholine rings is 1. The number of hydrogen-bond acceptors (Lipinski definition) is 9. The van der Waals surface area contributed by atoms with E-state index in [1.807, 2.05) is 17.9 Å². The van der Waals surface area contributed by atoms with E-state index in [4.69, 9.17) is 15.2 Å². The van der Waals surface area contributed by atoms with Crippen LogP contribution in [0.4, 0.5) is 30.6 Å². The van der Waals surface area contributed by atoms with Crippen molar-refractivity contribution in [2.75, 3.05) is 67.7 Å². The van der Waals surface area contributed by atoms with Gasteiger partial charge >= 0.3 is 6.18 Å². The van der Waals surface area contributed by atoms with Crippen LogP contribution in [0, 0.1) is 12.3 Å². The van der Waals surface area contributed by atoms with E-state index in [2.05, 4.69) is 20.2 Å². The van der Waals surface area contributed by atoms with E-state index in [1.165, 1.54) is 25.0 Å². The van der Waals surface area contributed by atoms with Crippen LogP contribution >= 0.6 is 0 Å². The number of aliphatic hydroxyl groups excluding tert-OH is 1. The maximum Gasteiger partial charge on any atom is 0.411 e. The highest BCUT2D eigenvalue weighted by atomic mass is 19.4. The van der Waals surface area contributed by atoms with Gasteiger partial charge in [-0.3, -0.25) is 4.79 Å². The SMILES string of the molecule is Cc1cc(NC(=O)c2ccc(OCC(N)(CO)C(F)(F)F)nc2N2CCC3(CC2)CC3)nc(N2CCOCC2)c1. The molecule has 0 aromatic carbocycles. The number of nitrogens with zero attached hydrogens (tertiary/aromatic N) is 4. The van der Waals surface area contributed by atoms with Gasteiger partial charge in [0, 0.05) is 32.2 Å². The normalized spacial score (nSPS) is 20.2. The third-order valence-electron chi connectivity index (χ3n) is 8.03. The number of aliphatic hydroxyl groups is 1. The zero-order valence-electron chi connectivity index (χ0n) is 22.5. The molecule has 1 atom stereocenters. The second-order valence-corrected chi connectivity index (χ2v) is 11.0. The van der Waals surface area contributed by atoms with Gasteiger partial charge in [0.05, 0.1) is 25.4 Å². The Labute approximate surface area is 230 Å². The van der Waals surface area contributed by atoms with Crippen molar-refractivity contribution in [3.63, 3.8) is 0 Å². The summed E-state index contributed by atoms with van der Waals surface area (Å²) in [6.45, 7) is 3.50. The highest BCUT2D eigenvalue weighted by Crippen LogP contribution is 2.54. The van der Waals surface area contributed by atoms with Gasteiger partial charge in [-0.2, -0.15) is 18.2 Å². The number of carbonyl (C=O) groups is 1. The number of aryl methyl sites for hydroxylation is 1. The standard InChI is InChI=1S/C27H35F3N6O4/c1-18-14-20(32-21(15-18)35-10-12-39-13-11-35)33-24(38)19-2-3-22(40-17-26(31,16-37)27(28,29)30)34-23(19)36-8-6-25(4-5-25)7-9-36/h2-3,14-15,37H,4-13,16-17,31H2,1H3,(H,32,33,38). The predicted molar refractivity (Wildman–Crippen MR) is 143 cm³/mol. The smallest absolute Gasteiger partial charge is 0.411 e. The van der Waals surface area contributed by atoms with Gasteiger partial charge in [0.2, 0.25) is 5.88 Å². The zero-order chi connectivity index (χ0) is 28.5. The van der Waals surface area contributed by atoms with Crippen LogP contribution in [0.5, 0.6) is 5.88 Å². The number of aromatic nitrogens is 2. The lowest BCUT2D eigenvalue weighted by Crippen LogP contribution is -2.60. The minimum Gasteiger partial charge on any atom is -0.475 e. The molecule has 4 heterocycles. The molecule has 2 aromatic rings. The molecule has 3 fully saturated rings. The molecule has 218 valence electrons. The molecule has 1 unspecified atom stereocenters. The number of nitrogens with two attached hydrogens (primary N) is 1. The van der Waals surface area contributed by atoms with Gasteiger partial charge in [0.15, 0.2) is 5.54 Å². The van der Waals surface area contributed by atoms with Crippen LogP contribution in [0.3, 0.4) is 0 Å². The van der Waals surface area contributed by atoms with Crippen molar-refractivity contribution in [3.8, 4) is 5.88 Å². The van der Waals surface area contributed by atoms with Crippen LogP contribution in [-0.4, -0.2) is 85.3 Å². The number of alkyl halides is 3. The van der Waals surface area contributed by atoms with Crippen LogP contribution in [0.2, 0.25) is 0 Å². The van der Waals surface area contributed by atoms with E-state index in [9.17, 15) is 23.1 Å². The largest absolute Gasteiger partial charge is 0.475 e. The molecule has 1 amide bonds. The first-order chi connectivity index (χ1) is 19.0. The van der Waals surface area contributed by atoms with Crippen molar-refractivity contribution in [1.29, 1.82) is 0 Å². The lowest BCUT2D eigenvalue weighted by atomic mass is 9.93. The molecule has 10 nitrogen and oxygen atoms in total. The first-order valence-electron chi connectivity index (χ1n) is 13.5. The Hall–Kier alpha value is -3.16. The Morgan fingerprint density at radius 1 is 1.10 bits per heavy atom. The Balaban J connectivity index is 1.38. The Morgan fingerprint density at radius 2 is 1.80 bits per heavy atom. The number of pyridine rings is 2. The van der Waals surface area contributed by atoms with Gasteiger partial charge < -0.3 is 35.4 Å². The number of ether oxygens (including phenoxy) is 2. The van der Waals surface area contributed by atoms with E-state index in [1.54, 1.807) is 6.07 Å². The number of amides is 1. The molecule has 0 bridgehead atoms. The third-order valence-corrected chi connectivity index (χ3v) is 8.03. The molecule has 1 aliphatic carbocycles. The van der Waals surface area contributed by atoms with Crippen LogP contribution in [-0.2, 0) is 4.74 Å². The fourth-order valence-electron chi connectivity index (χ4n) is 5.07. The fraction of sp³-hybridized carbons (Fsp3) is 0.593. The van der Waals surface area contributed by atoms with E-state index in [-0.39, 0.29) is 11.4 Å². The van der Waals surface area contributed by atoms with Gasteiger partial charge in [-0.15, -0.1) is 0 Å². The number of nitrogens with one attached hydrogen (secondary N) is 1. The molecule has 13 heteroatoms. The third kappa shape index (κ3) is 6.11. The van der Waals surface area contributed by atoms with Crippen LogP contribution in [0.15, 0.2) is 24.3 Å². The van der Waals surface area contributed by atoms with Crippen molar-refractivity contribution in [3.05, 3.63) is 35.4 Å². The second-order valence-electron chi connectivity index (χ2n) is 11.0. The van der Waals surface area contributed by atoms with Crippen molar-refractivity contribution < 1.29 is 32.5 Å². The minimum absolute atomic E-state index is 0.117. The summed E-state index contributed by atoms with van der Waals surface area (Å²) in [6.07, 6.45) is -0.600. The average Bonchev–Trinajstić information content (AvgIpc) is 3.70. The predicted octanol–water partition coefficient (Wildman–Crippen LogP) is 2.89. The lowest BCUT2D eigenvalue weighted by molar-refractivity contribution is -0.203. The van der Waals surface area contributed by atoms with Crippen molar-refractivity contribution in [1.82, 2.24) is 9.97 Å². The van der Waals surface area contributed by atoms with Gasteiger partial charge in [0.1, 0.15) is 24.1 Å². The number of carbonyl (C=O) groups excluding carboxylic acids is 1. The summed E-state index contributed by atoms with van der Waals surface area (Å²) >= 11 is 0. The maximum atomic E-state index is 13.5. The maximum absolute atomic E-state index is 13.5. The highest BCUT2D eigenvalue weighted by Gasteiger charge is 2.52. The molecule has 2 aliphatic heterocycles. The summed E-state index contributed by atoms with van der Waals surface area (Å²) in [4.78, 5) is 26.7. The number of halogens is 3. The van der Waals surface area contributed by atoms with Crippen molar-refractivity contribution in [2.24, 2.45) is 11.1 Å². The average molecular weight is 565 g/mol. The monoisotopic (exact) mass is 564 g/mol. The van der Waals surface area contributed by atoms with Gasteiger partial charge in [-0.25, -0.2) is 4.98 Å². The molecule has 4 N–H and O–H groups in total. The second kappa shape index (κ2) is 11.0. The molecule has 5 rings (SSSR count). The highest BCUT2D eigenvalue weighted by molar-refractivity contribution is 6.07. The molecule has 2 saturated heterocycles. The minimum atomic E-state index is -4.88. The van der Waals surface area contributed by atoms with Gasteiger partial charge in [-0.05, 0) is 61.8 Å². The van der Waals surface area contributed by atoms with E-state index >= 15 is 0 Å². The molecular formula is C27H35F3N6O4. The van der Waals surface area contributed by atoms with E-state index < -0.39 is 30.8 Å². The molecular weight excluding hydrogens is 529 g/mol. The molecule has 0 radical (unpaired) electrons. The zero-order valence-corrected chi connectivity index (χ0v) is 22.5. The molecule has 40 heavy (non-hydrogen) atoms. The number of anilines is 3. The first kappa shape index (κ1) is 28.4. The summed E-state index contributed by atoms with van der Waals surface area (Å²) in [5.74, 6) is 0.893. The van der Waals surface area contributed by atoms with E-state index in [0.717, 1.165) is 24.2 Å². The number of hydrogen-bond donors (Lipinski definition) is 3. The van der Waals surface area contributed by atoms with Crippen LogP contribution in [0.1, 0.15) is 41.6 Å².